The summed E-state index contributed by atoms with van der Waals surface area (Å²) in [4.78, 5) is 41.5. The van der Waals surface area contributed by atoms with Gasteiger partial charge >= 0.3 is 5.97 Å². The molecule has 3 aromatic rings. The maximum Gasteiger partial charge on any atom is 0.337 e. The first-order valence-corrected chi connectivity index (χ1v) is 12.1. The number of nitrogens with one attached hydrogen (secondary N) is 1. The van der Waals surface area contributed by atoms with Gasteiger partial charge in [0, 0.05) is 12.2 Å². The topological polar surface area (TPSA) is 88.2 Å². The van der Waals surface area contributed by atoms with Crippen LogP contribution in [0.4, 0.5) is 11.4 Å². The number of thiocarbonyl (C=S) groups is 1. The largest absolute Gasteiger partial charge is 0.497 e. The van der Waals surface area contributed by atoms with Crippen LogP contribution in [0.5, 0.6) is 5.75 Å². The summed E-state index contributed by atoms with van der Waals surface area (Å²) < 4.78 is 9.93. The molecule has 1 N–H and O–H groups in total. The molecule has 1 aliphatic heterocycles. The number of carbonyl (C=O) groups excluding carboxylic acids is 3. The summed E-state index contributed by atoms with van der Waals surface area (Å²) in [6.07, 6.45) is 0.580. The molecule has 8 nitrogen and oxygen atoms in total. The van der Waals surface area contributed by atoms with E-state index in [2.05, 4.69) is 5.32 Å². The molecule has 9 heteroatoms. The summed E-state index contributed by atoms with van der Waals surface area (Å²) in [5.74, 6) is -0.403. The van der Waals surface area contributed by atoms with Crippen LogP contribution in [-0.4, -0.2) is 54.6 Å². The van der Waals surface area contributed by atoms with E-state index in [9.17, 15) is 14.4 Å². The van der Waals surface area contributed by atoms with Crippen LogP contribution in [0.25, 0.3) is 0 Å². The second kappa shape index (κ2) is 11.7. The highest BCUT2D eigenvalue weighted by Crippen LogP contribution is 2.29. The molecule has 2 amide bonds. The Hall–Kier alpha value is -4.24. The Morgan fingerprint density at radius 3 is 2.24 bits per heavy atom. The molecular formula is C28H27N3O5S. The fourth-order valence-electron chi connectivity index (χ4n) is 4.15. The first-order chi connectivity index (χ1) is 17.9. The lowest BCUT2D eigenvalue weighted by Crippen LogP contribution is -2.39. The zero-order valence-electron chi connectivity index (χ0n) is 20.5. The zero-order chi connectivity index (χ0) is 26.4. The molecule has 0 bridgehead atoms. The van der Waals surface area contributed by atoms with Crippen LogP contribution in [0.1, 0.15) is 22.3 Å². The molecule has 1 aliphatic rings. The molecule has 0 unspecified atom stereocenters. The fourth-order valence-corrected chi connectivity index (χ4v) is 4.56. The number of nitrogens with zero attached hydrogens (tertiary/aromatic N) is 2. The van der Waals surface area contributed by atoms with Crippen LogP contribution in [-0.2, 0) is 20.7 Å². The number of benzene rings is 3. The minimum absolute atomic E-state index is 0.0842. The van der Waals surface area contributed by atoms with Crippen LogP contribution in [0.15, 0.2) is 78.9 Å². The molecule has 0 saturated carbocycles. The third-order valence-electron chi connectivity index (χ3n) is 6.10. The summed E-state index contributed by atoms with van der Waals surface area (Å²) in [6.45, 7) is 0.479. The highest BCUT2D eigenvalue weighted by molar-refractivity contribution is 7.80. The molecule has 0 radical (unpaired) electrons. The standard InChI is InChI=1S/C28H27N3O5S/c1-35-23-14-12-22(13-15-23)31-26(33)24(30(28(31)37)17-16-19-6-4-3-5-7-19)18-25(32)29-21-10-8-20(9-11-21)27(34)36-2/h3-15,24H,16-18H2,1-2H3,(H,29,32)/t24-/m1/s1. The third kappa shape index (κ3) is 5.95. The van der Waals surface area contributed by atoms with Gasteiger partial charge in [-0.05, 0) is 72.7 Å². The van der Waals surface area contributed by atoms with E-state index in [0.29, 0.717) is 40.8 Å². The third-order valence-corrected chi connectivity index (χ3v) is 6.52. The van der Waals surface area contributed by atoms with Crippen LogP contribution < -0.4 is 15.0 Å². The zero-order valence-corrected chi connectivity index (χ0v) is 21.4. The van der Waals surface area contributed by atoms with Gasteiger partial charge in [-0.1, -0.05) is 30.3 Å². The highest BCUT2D eigenvalue weighted by atomic mass is 32.1. The molecule has 0 spiro atoms. The predicted molar refractivity (Wildman–Crippen MR) is 145 cm³/mol. The van der Waals surface area contributed by atoms with E-state index >= 15 is 0 Å². The minimum Gasteiger partial charge on any atom is -0.497 e. The molecule has 0 aromatic heterocycles. The van der Waals surface area contributed by atoms with Crippen LogP contribution in [0.3, 0.4) is 0 Å². The van der Waals surface area contributed by atoms with Crippen molar-refractivity contribution in [3.8, 4) is 5.75 Å². The average molecular weight is 518 g/mol. The molecule has 0 aliphatic carbocycles. The van der Waals surface area contributed by atoms with Gasteiger partial charge in [0.15, 0.2) is 5.11 Å². The molecule has 1 fully saturated rings. The van der Waals surface area contributed by atoms with E-state index in [0.717, 1.165) is 5.56 Å². The highest BCUT2D eigenvalue weighted by Gasteiger charge is 2.43. The molecule has 1 atom stereocenters. The number of ether oxygens (including phenoxy) is 2. The molecule has 4 rings (SSSR count). The van der Waals surface area contributed by atoms with E-state index in [1.54, 1.807) is 55.6 Å². The number of hydrogen-bond acceptors (Lipinski definition) is 6. The Labute approximate surface area is 220 Å². The minimum atomic E-state index is -0.757. The number of anilines is 2. The maximum absolute atomic E-state index is 13.6. The Morgan fingerprint density at radius 1 is 0.946 bits per heavy atom. The first kappa shape index (κ1) is 25.8. The Balaban J connectivity index is 1.52. The van der Waals surface area contributed by atoms with Crippen LogP contribution in [0, 0.1) is 0 Å². The van der Waals surface area contributed by atoms with Gasteiger partial charge < -0.3 is 19.7 Å². The average Bonchev–Trinajstić information content (AvgIpc) is 3.16. The Morgan fingerprint density at radius 2 is 1.62 bits per heavy atom. The van der Waals surface area contributed by atoms with Crippen molar-refractivity contribution in [2.45, 2.75) is 18.9 Å². The molecule has 3 aromatic carbocycles. The summed E-state index contributed by atoms with van der Waals surface area (Å²) in [6, 6.07) is 22.6. The SMILES string of the molecule is COC(=O)c1ccc(NC(=O)C[C@@H]2C(=O)N(c3ccc(OC)cc3)C(=S)N2CCc2ccccc2)cc1. The van der Waals surface area contributed by atoms with Crippen LogP contribution >= 0.6 is 12.2 Å². The van der Waals surface area contributed by atoms with Crippen molar-refractivity contribution in [3.05, 3.63) is 90.0 Å². The summed E-state index contributed by atoms with van der Waals surface area (Å²) in [5.41, 5.74) is 2.60. The first-order valence-electron chi connectivity index (χ1n) is 11.7. The van der Waals surface area contributed by atoms with Gasteiger partial charge in [-0.15, -0.1) is 0 Å². The van der Waals surface area contributed by atoms with Gasteiger partial charge in [-0.25, -0.2) is 4.79 Å². The van der Waals surface area contributed by atoms with Crippen molar-refractivity contribution in [1.29, 1.82) is 0 Å². The predicted octanol–water partition coefficient (Wildman–Crippen LogP) is 4.06. The fraction of sp³-hybridized carbons (Fsp3) is 0.214. The van der Waals surface area contributed by atoms with Crippen molar-refractivity contribution < 1.29 is 23.9 Å². The monoisotopic (exact) mass is 517 g/mol. The number of methoxy groups -OCH3 is 2. The van der Waals surface area contributed by atoms with Crippen molar-refractivity contribution in [3.63, 3.8) is 0 Å². The van der Waals surface area contributed by atoms with Crippen molar-refractivity contribution in [1.82, 2.24) is 4.90 Å². The number of amides is 2. The lowest BCUT2D eigenvalue weighted by molar-refractivity contribution is -0.124. The summed E-state index contributed by atoms with van der Waals surface area (Å²) >= 11 is 5.73. The van der Waals surface area contributed by atoms with Gasteiger partial charge in [0.25, 0.3) is 5.91 Å². The van der Waals surface area contributed by atoms with Gasteiger partial charge in [0.2, 0.25) is 5.91 Å². The Bertz CT molecular complexity index is 1280. The number of carbonyl (C=O) groups is 3. The number of esters is 1. The van der Waals surface area contributed by atoms with Crippen molar-refractivity contribution in [2.24, 2.45) is 0 Å². The van der Waals surface area contributed by atoms with Gasteiger partial charge in [0.05, 0.1) is 31.9 Å². The van der Waals surface area contributed by atoms with E-state index < -0.39 is 12.0 Å². The molecule has 1 saturated heterocycles. The normalized spacial score (nSPS) is 15.0. The van der Waals surface area contributed by atoms with E-state index in [-0.39, 0.29) is 18.2 Å². The van der Waals surface area contributed by atoms with Gasteiger partial charge in [-0.3, -0.25) is 14.5 Å². The number of hydrogen-bond donors (Lipinski definition) is 1. The summed E-state index contributed by atoms with van der Waals surface area (Å²) in [7, 11) is 2.88. The van der Waals surface area contributed by atoms with E-state index in [1.807, 2.05) is 35.2 Å². The molecular weight excluding hydrogens is 490 g/mol. The molecule has 1 heterocycles. The van der Waals surface area contributed by atoms with Crippen LogP contribution in [0.2, 0.25) is 0 Å². The van der Waals surface area contributed by atoms with Crippen molar-refractivity contribution in [2.75, 3.05) is 31.0 Å². The van der Waals surface area contributed by atoms with E-state index in [1.165, 1.54) is 12.0 Å². The lowest BCUT2D eigenvalue weighted by Gasteiger charge is -2.24. The quantitative estimate of drug-likeness (QED) is 0.338. The lowest BCUT2D eigenvalue weighted by atomic mass is 10.1. The second-order valence-electron chi connectivity index (χ2n) is 8.42. The van der Waals surface area contributed by atoms with E-state index in [4.69, 9.17) is 21.7 Å². The van der Waals surface area contributed by atoms with Crippen molar-refractivity contribution >= 4 is 46.5 Å². The number of rotatable bonds is 9. The maximum atomic E-state index is 13.6. The molecule has 37 heavy (non-hydrogen) atoms. The second-order valence-corrected chi connectivity index (χ2v) is 8.79. The van der Waals surface area contributed by atoms with Gasteiger partial charge in [-0.2, -0.15) is 0 Å². The Kier molecular flexibility index (Phi) is 8.15. The van der Waals surface area contributed by atoms with Gasteiger partial charge in [0.1, 0.15) is 11.8 Å². The smallest absolute Gasteiger partial charge is 0.337 e. The summed E-state index contributed by atoms with van der Waals surface area (Å²) in [5, 5.41) is 3.16. The molecule has 190 valence electrons.